The van der Waals surface area contributed by atoms with Crippen molar-refractivity contribution >= 4 is 17.7 Å². The second-order valence-electron chi connectivity index (χ2n) is 5.37. The van der Waals surface area contributed by atoms with Gasteiger partial charge in [-0.15, -0.1) is 0 Å². The molecule has 0 unspecified atom stereocenters. The Bertz CT molecular complexity index is 829. The lowest BCUT2D eigenvalue weighted by molar-refractivity contribution is -0.111. The molecule has 124 valence electrons. The molecule has 0 aliphatic carbocycles. The maximum absolute atomic E-state index is 11.9. The van der Waals surface area contributed by atoms with E-state index < -0.39 is 0 Å². The smallest absolute Gasteiger partial charge is 0.248 e. The number of nitrogens with zero attached hydrogens (tertiary/aromatic N) is 1. The van der Waals surface area contributed by atoms with Gasteiger partial charge in [-0.05, 0) is 48.0 Å². The molecule has 4 nitrogen and oxygen atoms in total. The van der Waals surface area contributed by atoms with Crippen molar-refractivity contribution in [2.45, 2.75) is 6.61 Å². The van der Waals surface area contributed by atoms with Crippen LogP contribution >= 0.6 is 0 Å². The van der Waals surface area contributed by atoms with E-state index in [1.165, 1.54) is 6.08 Å². The summed E-state index contributed by atoms with van der Waals surface area (Å²) in [4.78, 5) is 16.1. The summed E-state index contributed by atoms with van der Waals surface area (Å²) in [5, 5.41) is 2.80. The number of hydrogen-bond donors (Lipinski definition) is 1. The first-order chi connectivity index (χ1) is 12.3. The Morgan fingerprint density at radius 2 is 1.72 bits per heavy atom. The predicted octanol–water partition coefficient (Wildman–Crippen LogP) is 4.31. The van der Waals surface area contributed by atoms with Gasteiger partial charge in [-0.3, -0.25) is 9.78 Å². The number of carbonyl (C=O) groups is 1. The Labute approximate surface area is 146 Å². The van der Waals surface area contributed by atoms with Gasteiger partial charge in [0.25, 0.3) is 0 Å². The molecular formula is C21H18N2O2. The summed E-state index contributed by atoms with van der Waals surface area (Å²) in [6.45, 7) is 0.426. The maximum atomic E-state index is 11.9. The van der Waals surface area contributed by atoms with Crippen LogP contribution in [-0.2, 0) is 11.4 Å². The highest BCUT2D eigenvalue weighted by Crippen LogP contribution is 2.15. The number of pyridine rings is 1. The molecule has 3 rings (SSSR count). The number of hydrogen-bond acceptors (Lipinski definition) is 3. The van der Waals surface area contributed by atoms with Gasteiger partial charge in [0.1, 0.15) is 12.4 Å². The molecule has 1 aromatic heterocycles. The van der Waals surface area contributed by atoms with E-state index in [1.54, 1.807) is 12.3 Å². The van der Waals surface area contributed by atoms with Crippen LogP contribution in [0.3, 0.4) is 0 Å². The summed E-state index contributed by atoms with van der Waals surface area (Å²) in [7, 11) is 0. The number of benzene rings is 2. The number of carbonyl (C=O) groups excluding carboxylic acids is 1. The number of para-hydroxylation sites is 1. The molecule has 0 bridgehead atoms. The highest BCUT2D eigenvalue weighted by molar-refractivity contribution is 6.01. The molecule has 0 saturated carbocycles. The van der Waals surface area contributed by atoms with E-state index in [0.29, 0.717) is 6.61 Å². The molecule has 0 aliphatic heterocycles. The van der Waals surface area contributed by atoms with E-state index in [-0.39, 0.29) is 5.91 Å². The Kier molecular flexibility index (Phi) is 5.56. The molecule has 0 radical (unpaired) electrons. The first kappa shape index (κ1) is 16.5. The summed E-state index contributed by atoms with van der Waals surface area (Å²) in [6.07, 6.45) is 5.02. The molecule has 0 saturated heterocycles. The lowest BCUT2D eigenvalue weighted by atomic mass is 10.2. The zero-order valence-electron chi connectivity index (χ0n) is 13.6. The minimum absolute atomic E-state index is 0.165. The van der Waals surface area contributed by atoms with E-state index in [9.17, 15) is 4.79 Å². The van der Waals surface area contributed by atoms with Gasteiger partial charge >= 0.3 is 0 Å². The summed E-state index contributed by atoms with van der Waals surface area (Å²) in [6, 6.07) is 22.6. The Morgan fingerprint density at radius 3 is 2.44 bits per heavy atom. The van der Waals surface area contributed by atoms with Gasteiger partial charge in [0.05, 0.1) is 5.69 Å². The second kappa shape index (κ2) is 8.45. The summed E-state index contributed by atoms with van der Waals surface area (Å²) >= 11 is 0. The fourth-order valence-corrected chi connectivity index (χ4v) is 2.19. The third kappa shape index (κ3) is 5.32. The maximum Gasteiger partial charge on any atom is 0.248 e. The van der Waals surface area contributed by atoms with Crippen LogP contribution in [0.1, 0.15) is 11.3 Å². The number of nitrogens with one attached hydrogen (secondary N) is 1. The van der Waals surface area contributed by atoms with Crippen LogP contribution in [0.25, 0.3) is 6.08 Å². The van der Waals surface area contributed by atoms with Gasteiger partial charge in [0.15, 0.2) is 0 Å². The molecule has 0 atom stereocenters. The van der Waals surface area contributed by atoms with Gasteiger partial charge in [-0.1, -0.05) is 36.4 Å². The highest BCUT2D eigenvalue weighted by Gasteiger charge is 1.98. The van der Waals surface area contributed by atoms with Crippen molar-refractivity contribution in [3.63, 3.8) is 0 Å². The van der Waals surface area contributed by atoms with Crippen molar-refractivity contribution in [1.29, 1.82) is 0 Å². The van der Waals surface area contributed by atoms with Crippen LogP contribution < -0.4 is 10.1 Å². The standard InChI is InChI=1S/C21H18N2O2/c24-21(23-18-6-2-1-3-7-18)14-11-17-9-12-20(13-10-17)25-16-19-8-4-5-15-22-19/h1-15H,16H2,(H,23,24)/b14-11+. The third-order valence-electron chi connectivity index (χ3n) is 3.46. The quantitative estimate of drug-likeness (QED) is 0.685. The van der Waals surface area contributed by atoms with Crippen LogP contribution in [0.4, 0.5) is 5.69 Å². The fraction of sp³-hybridized carbons (Fsp3) is 0.0476. The average Bonchev–Trinajstić information content (AvgIpc) is 2.67. The number of rotatable bonds is 6. The molecule has 25 heavy (non-hydrogen) atoms. The van der Waals surface area contributed by atoms with Gasteiger partial charge in [-0.2, -0.15) is 0 Å². The van der Waals surface area contributed by atoms with E-state index in [0.717, 1.165) is 22.7 Å². The Morgan fingerprint density at radius 1 is 0.960 bits per heavy atom. The Hall–Kier alpha value is -3.40. The van der Waals surface area contributed by atoms with Crippen molar-refractivity contribution in [1.82, 2.24) is 4.98 Å². The van der Waals surface area contributed by atoms with E-state index in [4.69, 9.17) is 4.74 Å². The largest absolute Gasteiger partial charge is 0.487 e. The number of ether oxygens (including phenoxy) is 1. The molecule has 3 aromatic rings. The molecule has 2 aromatic carbocycles. The van der Waals surface area contributed by atoms with Crippen LogP contribution in [0.5, 0.6) is 5.75 Å². The summed E-state index contributed by atoms with van der Waals surface area (Å²) in [5.74, 6) is 0.596. The SMILES string of the molecule is O=C(/C=C/c1ccc(OCc2ccccn2)cc1)Nc1ccccc1. The lowest BCUT2D eigenvalue weighted by Gasteiger charge is -2.05. The monoisotopic (exact) mass is 330 g/mol. The van der Waals surface area contributed by atoms with Crippen LogP contribution in [0.2, 0.25) is 0 Å². The minimum Gasteiger partial charge on any atom is -0.487 e. The van der Waals surface area contributed by atoms with Crippen molar-refractivity contribution < 1.29 is 9.53 Å². The van der Waals surface area contributed by atoms with Crippen LogP contribution in [0, 0.1) is 0 Å². The normalized spacial score (nSPS) is 10.6. The summed E-state index contributed by atoms with van der Waals surface area (Å²) in [5.41, 5.74) is 2.58. The first-order valence-electron chi connectivity index (χ1n) is 7.96. The molecular weight excluding hydrogens is 312 g/mol. The van der Waals surface area contributed by atoms with Crippen LogP contribution in [0.15, 0.2) is 85.1 Å². The molecule has 0 fully saturated rings. The van der Waals surface area contributed by atoms with E-state index in [1.807, 2.05) is 72.8 Å². The van der Waals surface area contributed by atoms with Crippen LogP contribution in [-0.4, -0.2) is 10.9 Å². The molecule has 4 heteroatoms. The zero-order valence-corrected chi connectivity index (χ0v) is 13.6. The number of anilines is 1. The zero-order chi connectivity index (χ0) is 17.3. The molecule has 1 N–H and O–H groups in total. The molecule has 0 aliphatic rings. The number of aromatic nitrogens is 1. The summed E-state index contributed by atoms with van der Waals surface area (Å²) < 4.78 is 5.69. The van der Waals surface area contributed by atoms with Crippen molar-refractivity contribution in [3.05, 3.63) is 96.3 Å². The van der Waals surface area contributed by atoms with Gasteiger partial charge in [0, 0.05) is 18.0 Å². The predicted molar refractivity (Wildman–Crippen MR) is 99.1 cm³/mol. The van der Waals surface area contributed by atoms with Gasteiger partial charge in [0.2, 0.25) is 5.91 Å². The van der Waals surface area contributed by atoms with E-state index >= 15 is 0 Å². The van der Waals surface area contributed by atoms with Crippen molar-refractivity contribution in [2.75, 3.05) is 5.32 Å². The average molecular weight is 330 g/mol. The fourth-order valence-electron chi connectivity index (χ4n) is 2.19. The number of amides is 1. The van der Waals surface area contributed by atoms with Gasteiger partial charge < -0.3 is 10.1 Å². The highest BCUT2D eigenvalue weighted by atomic mass is 16.5. The second-order valence-corrected chi connectivity index (χ2v) is 5.37. The van der Waals surface area contributed by atoms with Crippen molar-refractivity contribution in [2.24, 2.45) is 0 Å². The molecule has 1 heterocycles. The lowest BCUT2D eigenvalue weighted by Crippen LogP contribution is -2.07. The minimum atomic E-state index is -0.165. The van der Waals surface area contributed by atoms with Crippen molar-refractivity contribution in [3.8, 4) is 5.75 Å². The molecule has 0 spiro atoms. The molecule has 1 amide bonds. The first-order valence-corrected chi connectivity index (χ1v) is 7.96. The van der Waals surface area contributed by atoms with Gasteiger partial charge in [-0.25, -0.2) is 0 Å². The third-order valence-corrected chi connectivity index (χ3v) is 3.46. The Balaban J connectivity index is 1.52. The van der Waals surface area contributed by atoms with E-state index in [2.05, 4.69) is 10.3 Å². The topological polar surface area (TPSA) is 51.2 Å².